The average molecular weight is 202 g/mol. The number of carbonyl (C=O) groups excluding carboxylic acids is 1. The van der Waals surface area contributed by atoms with Crippen LogP contribution in [-0.4, -0.2) is 18.2 Å². The van der Waals surface area contributed by atoms with E-state index in [1.54, 1.807) is 5.41 Å². The Morgan fingerprint density at radius 2 is 2.46 bits per heavy atom. The highest BCUT2D eigenvalue weighted by Gasteiger charge is 2.00. The van der Waals surface area contributed by atoms with Crippen LogP contribution in [0.1, 0.15) is 19.8 Å². The maximum atomic E-state index is 10.6. The Labute approximate surface area is 82.4 Å². The van der Waals surface area contributed by atoms with Crippen LogP contribution >= 0.6 is 11.8 Å². The zero-order chi connectivity index (χ0) is 10.1. The second-order valence-electron chi connectivity index (χ2n) is 2.15. The van der Waals surface area contributed by atoms with Crippen LogP contribution in [0.25, 0.3) is 0 Å². The normalized spacial score (nSPS) is 10.8. The van der Waals surface area contributed by atoms with Gasteiger partial charge in [0.2, 0.25) is 0 Å². The van der Waals surface area contributed by atoms with Crippen molar-refractivity contribution in [1.82, 2.24) is 5.32 Å². The van der Waals surface area contributed by atoms with Crippen molar-refractivity contribution in [1.29, 1.82) is 0 Å². The Balaban J connectivity index is 4.01. The van der Waals surface area contributed by atoms with Crippen LogP contribution in [0.15, 0.2) is 17.1 Å². The third-order valence-corrected chi connectivity index (χ3v) is 1.84. The van der Waals surface area contributed by atoms with E-state index < -0.39 is 6.09 Å². The van der Waals surface area contributed by atoms with Gasteiger partial charge in [-0.15, -0.1) is 0 Å². The number of rotatable bonds is 4. The van der Waals surface area contributed by atoms with Crippen molar-refractivity contribution < 1.29 is 9.63 Å². The minimum Gasteiger partial charge on any atom is -0.323 e. The van der Waals surface area contributed by atoms with Gasteiger partial charge in [0.25, 0.3) is 0 Å². The molecule has 0 spiro atoms. The maximum Gasteiger partial charge on any atom is 0.433 e. The molecule has 0 heterocycles. The molecule has 0 aliphatic carbocycles. The molecular weight excluding hydrogens is 188 g/mol. The first-order valence-electron chi connectivity index (χ1n) is 3.97. The van der Waals surface area contributed by atoms with Gasteiger partial charge in [-0.2, -0.15) is 0 Å². The molecular formula is C8H14N2O2S. The molecule has 0 radical (unpaired) electrons. The lowest BCUT2D eigenvalue weighted by molar-refractivity contribution is 0.153. The number of nitrogens with one attached hydrogen (secondary N) is 1. The number of nitrogens with zero attached hydrogens (tertiary/aromatic N) is 1. The molecule has 0 atom stereocenters. The lowest BCUT2D eigenvalue weighted by atomic mass is 10.4. The number of hydrogen-bond donors (Lipinski definition) is 1. The summed E-state index contributed by atoms with van der Waals surface area (Å²) in [5.41, 5.74) is 0. The molecule has 0 rings (SSSR count). The highest BCUT2D eigenvalue weighted by molar-refractivity contribution is 8.16. The number of oxime groups is 1. The fourth-order valence-corrected chi connectivity index (χ4v) is 1.17. The van der Waals surface area contributed by atoms with Gasteiger partial charge in [-0.3, -0.25) is 4.84 Å². The highest BCUT2D eigenvalue weighted by Crippen LogP contribution is 2.10. The van der Waals surface area contributed by atoms with Crippen LogP contribution in [0.5, 0.6) is 0 Å². The molecule has 0 aliphatic heterocycles. The second kappa shape index (κ2) is 7.67. The van der Waals surface area contributed by atoms with Crippen LogP contribution in [-0.2, 0) is 4.84 Å². The Hall–Kier alpha value is -0.970. The summed E-state index contributed by atoms with van der Waals surface area (Å²) >= 11 is 1.36. The molecule has 0 saturated carbocycles. The predicted octanol–water partition coefficient (Wildman–Crippen LogP) is 2.33. The number of amides is 1. The molecule has 5 heteroatoms. The average Bonchev–Trinajstić information content (AvgIpc) is 2.14. The molecule has 1 N–H and O–H groups in total. The van der Waals surface area contributed by atoms with Crippen molar-refractivity contribution in [2.24, 2.45) is 5.16 Å². The van der Waals surface area contributed by atoms with Crippen LogP contribution in [0, 0.1) is 0 Å². The maximum absolute atomic E-state index is 10.6. The van der Waals surface area contributed by atoms with E-state index in [1.807, 2.05) is 6.92 Å². The first-order valence-corrected chi connectivity index (χ1v) is 4.85. The zero-order valence-corrected chi connectivity index (χ0v) is 8.69. The van der Waals surface area contributed by atoms with Gasteiger partial charge in [0.1, 0.15) is 5.04 Å². The Morgan fingerprint density at radius 3 is 2.92 bits per heavy atom. The van der Waals surface area contributed by atoms with Gasteiger partial charge in [-0.25, -0.2) is 4.79 Å². The van der Waals surface area contributed by atoms with E-state index >= 15 is 0 Å². The Morgan fingerprint density at radius 1 is 1.77 bits per heavy atom. The van der Waals surface area contributed by atoms with E-state index in [9.17, 15) is 4.79 Å². The standard InChI is InChI=1S/C8H14N2O2S/c1-4-6-7(13-5-2)10-12-8(11)9-3/h5H,2,4,6H2,1,3H3,(H,9,11). The van der Waals surface area contributed by atoms with Crippen LogP contribution < -0.4 is 5.32 Å². The molecule has 0 aliphatic rings. The summed E-state index contributed by atoms with van der Waals surface area (Å²) in [7, 11) is 1.48. The van der Waals surface area contributed by atoms with Gasteiger partial charge in [-0.05, 0) is 18.2 Å². The molecule has 0 aromatic carbocycles. The summed E-state index contributed by atoms with van der Waals surface area (Å²) in [6.07, 6.45) is 1.18. The fraction of sp³-hybridized carbons (Fsp3) is 0.500. The summed E-state index contributed by atoms with van der Waals surface area (Å²) in [5.74, 6) is 0. The third-order valence-electron chi connectivity index (χ3n) is 1.12. The van der Waals surface area contributed by atoms with Crippen molar-refractivity contribution in [3.05, 3.63) is 12.0 Å². The second-order valence-corrected chi connectivity index (χ2v) is 3.19. The van der Waals surface area contributed by atoms with Crippen molar-refractivity contribution in [2.45, 2.75) is 19.8 Å². The summed E-state index contributed by atoms with van der Waals surface area (Å²) in [6.45, 7) is 5.58. The smallest absolute Gasteiger partial charge is 0.323 e. The van der Waals surface area contributed by atoms with Gasteiger partial charge in [0.05, 0.1) is 0 Å². The van der Waals surface area contributed by atoms with Crippen LogP contribution in [0.2, 0.25) is 0 Å². The summed E-state index contributed by atoms with van der Waals surface area (Å²) < 4.78 is 0. The molecule has 0 aromatic heterocycles. The fourth-order valence-electron chi connectivity index (χ4n) is 0.574. The monoisotopic (exact) mass is 202 g/mol. The summed E-state index contributed by atoms with van der Waals surface area (Å²) in [5, 5.41) is 8.38. The molecule has 13 heavy (non-hydrogen) atoms. The molecule has 1 amide bonds. The van der Waals surface area contributed by atoms with E-state index in [1.165, 1.54) is 18.8 Å². The quantitative estimate of drug-likeness (QED) is 0.329. The van der Waals surface area contributed by atoms with E-state index in [4.69, 9.17) is 0 Å². The van der Waals surface area contributed by atoms with Crippen molar-refractivity contribution in [3.63, 3.8) is 0 Å². The minimum absolute atomic E-state index is 0.557. The topological polar surface area (TPSA) is 50.7 Å². The van der Waals surface area contributed by atoms with Gasteiger partial charge >= 0.3 is 6.09 Å². The molecule has 4 nitrogen and oxygen atoms in total. The van der Waals surface area contributed by atoms with Crippen molar-refractivity contribution in [3.8, 4) is 0 Å². The number of thioether (sulfide) groups is 1. The molecule has 74 valence electrons. The Kier molecular flexibility index (Phi) is 7.10. The Bertz CT molecular complexity index is 204. The lowest BCUT2D eigenvalue weighted by Gasteiger charge is -2.00. The van der Waals surface area contributed by atoms with E-state index in [0.717, 1.165) is 17.9 Å². The summed E-state index contributed by atoms with van der Waals surface area (Å²) in [6, 6.07) is 0. The number of hydrogen-bond acceptors (Lipinski definition) is 4. The summed E-state index contributed by atoms with van der Waals surface area (Å²) in [4.78, 5) is 15.2. The third kappa shape index (κ3) is 6.21. The van der Waals surface area contributed by atoms with Crippen LogP contribution in [0.4, 0.5) is 4.79 Å². The van der Waals surface area contributed by atoms with Gasteiger partial charge in [0.15, 0.2) is 0 Å². The van der Waals surface area contributed by atoms with E-state index in [2.05, 4.69) is 21.9 Å². The van der Waals surface area contributed by atoms with E-state index in [0.29, 0.717) is 0 Å². The highest BCUT2D eigenvalue weighted by atomic mass is 32.2. The first-order chi connectivity index (χ1) is 6.24. The van der Waals surface area contributed by atoms with Crippen LogP contribution in [0.3, 0.4) is 0 Å². The largest absolute Gasteiger partial charge is 0.433 e. The molecule has 0 aromatic rings. The zero-order valence-electron chi connectivity index (χ0n) is 7.87. The SMILES string of the molecule is C=CSC(CCC)=NOC(=O)NC. The number of carbonyl (C=O) groups is 1. The molecule has 0 bridgehead atoms. The van der Waals surface area contributed by atoms with E-state index in [-0.39, 0.29) is 0 Å². The molecule has 0 fully saturated rings. The van der Waals surface area contributed by atoms with Crippen molar-refractivity contribution >= 4 is 22.9 Å². The van der Waals surface area contributed by atoms with Gasteiger partial charge in [-0.1, -0.05) is 30.4 Å². The van der Waals surface area contributed by atoms with Gasteiger partial charge in [0, 0.05) is 7.05 Å². The molecule has 0 saturated heterocycles. The minimum atomic E-state index is -0.557. The lowest BCUT2D eigenvalue weighted by Crippen LogP contribution is -2.17. The first kappa shape index (κ1) is 12.0. The van der Waals surface area contributed by atoms with Crippen molar-refractivity contribution in [2.75, 3.05) is 7.05 Å². The van der Waals surface area contributed by atoms with Gasteiger partial charge < -0.3 is 5.32 Å². The molecule has 0 unspecified atom stereocenters. The predicted molar refractivity (Wildman–Crippen MR) is 55.7 cm³/mol.